The maximum atomic E-state index is 10.1. The zero-order chi connectivity index (χ0) is 21.0. The number of hydrogen-bond acceptors (Lipinski definition) is 9. The number of carboxylic acid groups (broad SMARTS) is 2. The Balaban J connectivity index is -0.000000122. The van der Waals surface area contributed by atoms with Crippen LogP contribution in [0.15, 0.2) is 0 Å². The molecule has 0 aromatic heterocycles. The van der Waals surface area contributed by atoms with Crippen molar-refractivity contribution in [2.75, 3.05) is 26.4 Å². The van der Waals surface area contributed by atoms with Gasteiger partial charge in [0.1, 0.15) is 12.1 Å². The van der Waals surface area contributed by atoms with Gasteiger partial charge in [0.05, 0.1) is 32.5 Å². The van der Waals surface area contributed by atoms with E-state index in [1.807, 2.05) is 13.8 Å². The zero-order valence-electron chi connectivity index (χ0n) is 14.9. The minimum absolute atomic E-state index is 0.139. The Labute approximate surface area is 147 Å². The predicted molar refractivity (Wildman–Crippen MR) is 90.7 cm³/mol. The van der Waals surface area contributed by atoms with E-state index in [4.69, 9.17) is 41.5 Å². The first-order valence-corrected chi connectivity index (χ1v) is 7.48. The zero-order valence-corrected chi connectivity index (χ0v) is 14.9. The fourth-order valence-corrected chi connectivity index (χ4v) is 0.666. The summed E-state index contributed by atoms with van der Waals surface area (Å²) in [5, 5.41) is 55.9. The van der Waals surface area contributed by atoms with Gasteiger partial charge < -0.3 is 47.2 Å². The molecule has 0 spiro atoms. The van der Waals surface area contributed by atoms with E-state index in [0.29, 0.717) is 12.3 Å². The fraction of sp³-hybridized carbons (Fsp3) is 0.857. The summed E-state index contributed by atoms with van der Waals surface area (Å²) in [5.41, 5.74) is 9.79. The summed E-state index contributed by atoms with van der Waals surface area (Å²) in [5.74, 6) is -1.52. The summed E-state index contributed by atoms with van der Waals surface area (Å²) in [6.45, 7) is 4.28. The van der Waals surface area contributed by atoms with Gasteiger partial charge in [-0.15, -0.1) is 0 Å². The Morgan fingerprint density at radius 1 is 0.920 bits per heavy atom. The molecule has 11 nitrogen and oxygen atoms in total. The second-order valence-electron chi connectivity index (χ2n) is 5.22. The molecule has 0 radical (unpaired) electrons. The molecule has 0 aliphatic carbocycles. The lowest BCUT2D eigenvalue weighted by Gasteiger charge is -2.07. The summed E-state index contributed by atoms with van der Waals surface area (Å²) in [6, 6.07) is -0.690. The molecule has 0 fully saturated rings. The van der Waals surface area contributed by atoms with Crippen molar-refractivity contribution in [3.05, 3.63) is 0 Å². The van der Waals surface area contributed by atoms with Crippen LogP contribution < -0.4 is 11.5 Å². The maximum Gasteiger partial charge on any atom is 0.320 e. The molecule has 2 atom stereocenters. The van der Waals surface area contributed by atoms with E-state index < -0.39 is 30.2 Å². The van der Waals surface area contributed by atoms with Crippen LogP contribution in [0.5, 0.6) is 0 Å². The predicted octanol–water partition coefficient (Wildman–Crippen LogP) is -2.83. The molecule has 0 aromatic rings. The third kappa shape index (κ3) is 45.0. The topological polar surface area (TPSA) is 228 Å². The number of aliphatic hydroxyl groups excluding tert-OH is 5. The molecule has 0 bridgehead atoms. The monoisotopic (exact) mass is 374 g/mol. The quantitative estimate of drug-likeness (QED) is 0.220. The first kappa shape index (κ1) is 31.4. The molecule has 0 aromatic carbocycles. The molecule has 25 heavy (non-hydrogen) atoms. The van der Waals surface area contributed by atoms with Crippen molar-refractivity contribution in [1.29, 1.82) is 0 Å². The van der Waals surface area contributed by atoms with E-state index in [1.165, 1.54) is 6.92 Å². The Kier molecular flexibility index (Phi) is 28.5. The van der Waals surface area contributed by atoms with Gasteiger partial charge in [-0.05, 0) is 19.3 Å². The Hall–Kier alpha value is -1.34. The van der Waals surface area contributed by atoms with E-state index in [9.17, 15) is 9.59 Å². The molecule has 154 valence electrons. The average molecular weight is 374 g/mol. The molecule has 0 rings (SSSR count). The highest BCUT2D eigenvalue weighted by Crippen LogP contribution is 2.01. The van der Waals surface area contributed by atoms with Crippen molar-refractivity contribution in [3.63, 3.8) is 0 Å². The van der Waals surface area contributed by atoms with Gasteiger partial charge in [-0.2, -0.15) is 0 Å². The lowest BCUT2D eigenvalue weighted by molar-refractivity contribution is -0.139. The third-order valence-corrected chi connectivity index (χ3v) is 1.90. The standard InChI is InChI=1S/C6H13NO2.C3H8O3.C3H8O2.C2H5NO2/c1-4(2)3-5(7)6(8)9;4-1-3(6)2-5;1-3(5)2-4;3-1-2(4)5/h4-5H,3,7H2,1-2H3,(H,8,9);3-6H,1-2H2;3-5H,2H2,1H3;1,3H2,(H,4,5). The van der Waals surface area contributed by atoms with Crippen molar-refractivity contribution >= 4 is 11.9 Å². The summed E-state index contributed by atoms with van der Waals surface area (Å²) in [4.78, 5) is 19.4. The minimum atomic E-state index is -0.968. The van der Waals surface area contributed by atoms with Crippen LogP contribution in [-0.4, -0.2) is 92.3 Å². The van der Waals surface area contributed by atoms with Crippen LogP contribution in [0.25, 0.3) is 0 Å². The van der Waals surface area contributed by atoms with Crippen molar-refractivity contribution in [3.8, 4) is 0 Å². The molecule has 0 saturated heterocycles. The highest BCUT2D eigenvalue weighted by atomic mass is 16.4. The normalized spacial score (nSPS) is 11.8. The van der Waals surface area contributed by atoms with Crippen LogP contribution in [0.2, 0.25) is 0 Å². The van der Waals surface area contributed by atoms with Crippen molar-refractivity contribution in [2.24, 2.45) is 17.4 Å². The van der Waals surface area contributed by atoms with E-state index >= 15 is 0 Å². The van der Waals surface area contributed by atoms with Crippen molar-refractivity contribution < 1.29 is 45.3 Å². The minimum Gasteiger partial charge on any atom is -0.480 e. The van der Waals surface area contributed by atoms with Gasteiger partial charge in [0.2, 0.25) is 0 Å². The van der Waals surface area contributed by atoms with E-state index in [2.05, 4.69) is 5.73 Å². The second kappa shape index (κ2) is 22.7. The largest absolute Gasteiger partial charge is 0.480 e. The number of rotatable bonds is 7. The smallest absolute Gasteiger partial charge is 0.320 e. The molecule has 2 unspecified atom stereocenters. The van der Waals surface area contributed by atoms with Crippen LogP contribution in [0.4, 0.5) is 0 Å². The summed E-state index contributed by atoms with van der Waals surface area (Å²) in [7, 11) is 0. The highest BCUT2D eigenvalue weighted by Gasteiger charge is 2.11. The van der Waals surface area contributed by atoms with Crippen LogP contribution in [0.3, 0.4) is 0 Å². The number of carbonyl (C=O) groups is 2. The van der Waals surface area contributed by atoms with Crippen molar-refractivity contribution in [2.45, 2.75) is 45.4 Å². The Bertz CT molecular complexity index is 298. The summed E-state index contributed by atoms with van der Waals surface area (Å²) in [6.07, 6.45) is -0.963. The average Bonchev–Trinajstić information content (AvgIpc) is 2.54. The SMILES string of the molecule is CC(C)CC(N)C(=O)O.CC(O)CO.NCC(=O)O.OCC(O)CO. The van der Waals surface area contributed by atoms with Crippen LogP contribution >= 0.6 is 0 Å². The van der Waals surface area contributed by atoms with Gasteiger partial charge >= 0.3 is 11.9 Å². The molecule has 0 heterocycles. The fourth-order valence-electron chi connectivity index (χ4n) is 0.666. The van der Waals surface area contributed by atoms with Crippen LogP contribution in [0, 0.1) is 5.92 Å². The number of aliphatic hydroxyl groups is 5. The van der Waals surface area contributed by atoms with Gasteiger partial charge in [0, 0.05) is 0 Å². The van der Waals surface area contributed by atoms with Gasteiger partial charge in [-0.1, -0.05) is 13.8 Å². The lowest BCUT2D eigenvalue weighted by Crippen LogP contribution is -2.31. The van der Waals surface area contributed by atoms with Gasteiger partial charge in [0.15, 0.2) is 0 Å². The molecule has 0 saturated carbocycles. The van der Waals surface area contributed by atoms with Crippen molar-refractivity contribution in [1.82, 2.24) is 0 Å². The van der Waals surface area contributed by atoms with Gasteiger partial charge in [-0.3, -0.25) is 9.59 Å². The van der Waals surface area contributed by atoms with Gasteiger partial charge in [0.25, 0.3) is 0 Å². The maximum absolute atomic E-state index is 10.1. The molecule has 0 amide bonds. The van der Waals surface area contributed by atoms with Crippen LogP contribution in [0.1, 0.15) is 27.2 Å². The lowest BCUT2D eigenvalue weighted by atomic mass is 10.1. The van der Waals surface area contributed by atoms with Crippen LogP contribution in [-0.2, 0) is 9.59 Å². The Morgan fingerprint density at radius 2 is 1.24 bits per heavy atom. The third-order valence-electron chi connectivity index (χ3n) is 1.90. The first-order valence-electron chi connectivity index (χ1n) is 7.48. The second-order valence-corrected chi connectivity index (χ2v) is 5.22. The molecule has 0 aliphatic rings. The number of carboxylic acids is 2. The molecule has 11 N–H and O–H groups in total. The molecular formula is C14H34N2O9. The summed E-state index contributed by atoms with van der Waals surface area (Å²) < 4.78 is 0. The van der Waals surface area contributed by atoms with E-state index in [1.54, 1.807) is 0 Å². The highest BCUT2D eigenvalue weighted by molar-refractivity contribution is 5.72. The number of hydrogen-bond donors (Lipinski definition) is 9. The van der Waals surface area contributed by atoms with E-state index in [0.717, 1.165) is 0 Å². The number of nitrogens with two attached hydrogens (primary N) is 2. The first-order chi connectivity index (χ1) is 11.4. The number of aliphatic carboxylic acids is 2. The molecule has 11 heteroatoms. The Morgan fingerprint density at radius 3 is 1.28 bits per heavy atom. The molecular weight excluding hydrogens is 340 g/mol. The summed E-state index contributed by atoms with van der Waals surface area (Å²) >= 11 is 0. The van der Waals surface area contributed by atoms with Gasteiger partial charge in [-0.25, -0.2) is 0 Å². The molecule has 0 aliphatic heterocycles. The van der Waals surface area contributed by atoms with E-state index in [-0.39, 0.29) is 26.4 Å².